The van der Waals surface area contributed by atoms with Crippen LogP contribution in [0.15, 0.2) is 56.6 Å². The van der Waals surface area contributed by atoms with Crippen LogP contribution in [0.2, 0.25) is 0 Å². The van der Waals surface area contributed by atoms with E-state index < -0.39 is 15.8 Å². The van der Waals surface area contributed by atoms with E-state index in [0.29, 0.717) is 11.1 Å². The number of nitrogens with one attached hydrogen (secondary N) is 1. The van der Waals surface area contributed by atoms with Crippen LogP contribution in [0.25, 0.3) is 11.1 Å². The number of oxazole rings is 1. The summed E-state index contributed by atoms with van der Waals surface area (Å²) in [5, 5.41) is 0. The zero-order chi connectivity index (χ0) is 17.6. The minimum atomic E-state index is -3.71. The summed E-state index contributed by atoms with van der Waals surface area (Å²) in [7, 11) is -2.16. The summed E-state index contributed by atoms with van der Waals surface area (Å²) in [5.41, 5.74) is 3.05. The molecule has 2 aromatic carbocycles. The highest BCUT2D eigenvalue weighted by molar-refractivity contribution is 7.89. The Morgan fingerprint density at radius 1 is 1.20 bits per heavy atom. The summed E-state index contributed by atoms with van der Waals surface area (Å²) in [5.74, 6) is -0.515. The van der Waals surface area contributed by atoms with Crippen molar-refractivity contribution in [1.29, 1.82) is 0 Å². The maximum Gasteiger partial charge on any atom is 0.419 e. The number of benzene rings is 2. The van der Waals surface area contributed by atoms with Gasteiger partial charge in [0.15, 0.2) is 5.58 Å². The second-order valence-corrected chi connectivity index (χ2v) is 8.04. The number of aromatic nitrogens is 1. The van der Waals surface area contributed by atoms with Crippen molar-refractivity contribution in [3.8, 4) is 0 Å². The van der Waals surface area contributed by atoms with E-state index in [9.17, 15) is 13.2 Å². The van der Waals surface area contributed by atoms with Crippen molar-refractivity contribution in [2.45, 2.75) is 30.2 Å². The molecule has 6 nitrogen and oxygen atoms in total. The van der Waals surface area contributed by atoms with Gasteiger partial charge >= 0.3 is 5.76 Å². The quantitative estimate of drug-likeness (QED) is 0.780. The molecule has 0 radical (unpaired) electrons. The molecule has 0 saturated heterocycles. The molecule has 1 aliphatic carbocycles. The molecule has 0 bridgehead atoms. The molecule has 3 aromatic rings. The maximum absolute atomic E-state index is 12.8. The van der Waals surface area contributed by atoms with Gasteiger partial charge in [0.25, 0.3) is 0 Å². The van der Waals surface area contributed by atoms with Gasteiger partial charge in [0.2, 0.25) is 10.0 Å². The predicted molar refractivity (Wildman–Crippen MR) is 93.9 cm³/mol. The number of rotatable bonds is 3. The lowest BCUT2D eigenvalue weighted by atomic mass is 9.88. The van der Waals surface area contributed by atoms with Crippen LogP contribution in [-0.2, 0) is 23.5 Å². The third kappa shape index (κ3) is 2.79. The summed E-state index contributed by atoms with van der Waals surface area (Å²) in [4.78, 5) is 11.7. The number of nitrogens with zero attached hydrogens (tertiary/aromatic N) is 1. The molecule has 0 fully saturated rings. The number of sulfonamides is 1. The molecule has 1 heterocycles. The van der Waals surface area contributed by atoms with Gasteiger partial charge in [-0.2, -0.15) is 0 Å². The summed E-state index contributed by atoms with van der Waals surface area (Å²) < 4.78 is 34.8. The van der Waals surface area contributed by atoms with E-state index in [-0.39, 0.29) is 10.9 Å². The first-order chi connectivity index (χ1) is 12.0. The first-order valence-corrected chi connectivity index (χ1v) is 9.64. The Balaban J connectivity index is 1.71. The van der Waals surface area contributed by atoms with Crippen molar-refractivity contribution in [2.24, 2.45) is 7.05 Å². The monoisotopic (exact) mass is 358 g/mol. The van der Waals surface area contributed by atoms with E-state index in [1.807, 2.05) is 24.3 Å². The third-order valence-corrected chi connectivity index (χ3v) is 6.21. The largest absolute Gasteiger partial charge is 0.419 e. The molecule has 0 saturated carbocycles. The Morgan fingerprint density at radius 2 is 2.00 bits per heavy atom. The summed E-state index contributed by atoms with van der Waals surface area (Å²) in [6.07, 6.45) is 2.68. The highest BCUT2D eigenvalue weighted by Gasteiger charge is 2.26. The molecule has 0 unspecified atom stereocenters. The fourth-order valence-electron chi connectivity index (χ4n) is 3.41. The van der Waals surface area contributed by atoms with Gasteiger partial charge in [-0.15, -0.1) is 0 Å². The van der Waals surface area contributed by atoms with Gasteiger partial charge in [-0.3, -0.25) is 4.57 Å². The molecule has 0 aliphatic heterocycles. The minimum Gasteiger partial charge on any atom is -0.408 e. The summed E-state index contributed by atoms with van der Waals surface area (Å²) in [6, 6.07) is 12.1. The molecule has 1 aliphatic rings. The molecule has 4 rings (SSSR count). The van der Waals surface area contributed by atoms with E-state index in [2.05, 4.69) is 4.72 Å². The molecule has 7 heteroatoms. The van der Waals surface area contributed by atoms with Crippen LogP contribution in [0.1, 0.15) is 30.0 Å². The molecule has 0 spiro atoms. The fourth-order valence-corrected chi connectivity index (χ4v) is 4.67. The lowest BCUT2D eigenvalue weighted by molar-refractivity contribution is 0.507. The van der Waals surface area contributed by atoms with Gasteiger partial charge in [-0.05, 0) is 48.6 Å². The van der Waals surface area contributed by atoms with E-state index in [4.69, 9.17) is 4.42 Å². The van der Waals surface area contributed by atoms with Crippen molar-refractivity contribution in [3.05, 3.63) is 64.1 Å². The Bertz CT molecular complexity index is 1110. The number of aryl methyl sites for hydroxylation is 2. The second kappa shape index (κ2) is 5.86. The molecular formula is C18H18N2O4S. The van der Waals surface area contributed by atoms with E-state index in [0.717, 1.165) is 24.8 Å². The standard InChI is InChI=1S/C18H18N2O4S/c1-20-16-11-13(9-10-17(16)24-18(20)21)25(22,23)19-15-8-4-6-12-5-2-3-7-14(12)15/h2-3,5,7,9-11,15,19H,4,6,8H2,1H3/t15-/m1/s1. The third-order valence-electron chi connectivity index (χ3n) is 4.74. The van der Waals surface area contributed by atoms with Crippen LogP contribution in [-0.4, -0.2) is 13.0 Å². The molecular weight excluding hydrogens is 340 g/mol. The average molecular weight is 358 g/mol. The minimum absolute atomic E-state index is 0.124. The molecule has 130 valence electrons. The van der Waals surface area contributed by atoms with Crippen molar-refractivity contribution >= 4 is 21.1 Å². The topological polar surface area (TPSA) is 81.3 Å². The molecule has 1 N–H and O–H groups in total. The smallest absolute Gasteiger partial charge is 0.408 e. The Kier molecular flexibility index (Phi) is 3.77. The van der Waals surface area contributed by atoms with Gasteiger partial charge in [0.1, 0.15) is 0 Å². The van der Waals surface area contributed by atoms with Crippen molar-refractivity contribution in [3.63, 3.8) is 0 Å². The van der Waals surface area contributed by atoms with Crippen LogP contribution in [0, 0.1) is 0 Å². The van der Waals surface area contributed by atoms with Crippen LogP contribution in [0.5, 0.6) is 0 Å². The van der Waals surface area contributed by atoms with Gasteiger partial charge in [-0.1, -0.05) is 24.3 Å². The first-order valence-electron chi connectivity index (χ1n) is 8.15. The molecule has 0 amide bonds. The van der Waals surface area contributed by atoms with Crippen LogP contribution >= 0.6 is 0 Å². The SMILES string of the molecule is Cn1c(=O)oc2ccc(S(=O)(=O)N[C@@H]3CCCc4ccccc43)cc21. The maximum atomic E-state index is 12.8. The van der Waals surface area contributed by atoms with Gasteiger partial charge in [0.05, 0.1) is 10.4 Å². The predicted octanol–water partition coefficient (Wildman–Crippen LogP) is 2.49. The van der Waals surface area contributed by atoms with Crippen LogP contribution < -0.4 is 10.5 Å². The summed E-state index contributed by atoms with van der Waals surface area (Å²) >= 11 is 0. The average Bonchev–Trinajstić information content (AvgIpc) is 2.89. The van der Waals surface area contributed by atoms with Crippen LogP contribution in [0.3, 0.4) is 0 Å². The lowest BCUT2D eigenvalue weighted by Crippen LogP contribution is -2.31. The van der Waals surface area contributed by atoms with Crippen molar-refractivity contribution < 1.29 is 12.8 Å². The molecule has 1 aromatic heterocycles. The highest BCUT2D eigenvalue weighted by atomic mass is 32.2. The Morgan fingerprint density at radius 3 is 2.84 bits per heavy atom. The van der Waals surface area contributed by atoms with E-state index in [1.54, 1.807) is 7.05 Å². The van der Waals surface area contributed by atoms with Gasteiger partial charge in [0, 0.05) is 13.1 Å². The number of hydrogen-bond donors (Lipinski definition) is 1. The second-order valence-electron chi connectivity index (χ2n) is 6.32. The van der Waals surface area contributed by atoms with E-state index >= 15 is 0 Å². The number of hydrogen-bond acceptors (Lipinski definition) is 4. The lowest BCUT2D eigenvalue weighted by Gasteiger charge is -2.26. The van der Waals surface area contributed by atoms with Gasteiger partial charge < -0.3 is 4.42 Å². The van der Waals surface area contributed by atoms with Gasteiger partial charge in [-0.25, -0.2) is 17.9 Å². The van der Waals surface area contributed by atoms with Crippen LogP contribution in [0.4, 0.5) is 0 Å². The Hall–Kier alpha value is -2.38. The zero-order valence-corrected chi connectivity index (χ0v) is 14.5. The fraction of sp³-hybridized carbons (Fsp3) is 0.278. The van der Waals surface area contributed by atoms with E-state index in [1.165, 1.54) is 28.3 Å². The first kappa shape index (κ1) is 16.1. The molecule has 25 heavy (non-hydrogen) atoms. The highest BCUT2D eigenvalue weighted by Crippen LogP contribution is 2.31. The zero-order valence-electron chi connectivity index (χ0n) is 13.7. The van der Waals surface area contributed by atoms with Crippen molar-refractivity contribution in [1.82, 2.24) is 9.29 Å². The Labute approximate surface area is 145 Å². The van der Waals surface area contributed by atoms with Crippen molar-refractivity contribution in [2.75, 3.05) is 0 Å². The number of fused-ring (bicyclic) bond motifs is 2. The summed E-state index contributed by atoms with van der Waals surface area (Å²) in [6.45, 7) is 0. The molecule has 1 atom stereocenters. The normalized spacial score (nSPS) is 17.6.